The lowest BCUT2D eigenvalue weighted by Gasteiger charge is -2.19. The Bertz CT molecular complexity index is 667. The molecule has 5 heteroatoms. The molecule has 0 saturated heterocycles. The fourth-order valence-electron chi connectivity index (χ4n) is 2.26. The van der Waals surface area contributed by atoms with Crippen molar-refractivity contribution >= 4 is 17.7 Å². The van der Waals surface area contributed by atoms with Crippen molar-refractivity contribution in [1.82, 2.24) is 0 Å². The average molecular weight is 358 g/mol. The molecule has 0 spiro atoms. The number of hydrogen-bond acceptors (Lipinski definition) is 3. The van der Waals surface area contributed by atoms with E-state index in [9.17, 15) is 9.59 Å². The smallest absolute Gasteiger partial charge is 0.334 e. The summed E-state index contributed by atoms with van der Waals surface area (Å²) in [6.45, 7) is 11.0. The lowest BCUT2D eigenvalue weighted by atomic mass is 10.0. The molecule has 2 N–H and O–H groups in total. The lowest BCUT2D eigenvalue weighted by Crippen LogP contribution is -2.25. The molecular formula is C21H30N2O3. The molecule has 0 fully saturated rings. The number of amides is 1. The molecular weight excluding hydrogens is 328 g/mol. The lowest BCUT2D eigenvalue weighted by molar-refractivity contribution is -0.150. The van der Waals surface area contributed by atoms with Crippen LogP contribution in [0.15, 0.2) is 41.4 Å². The topological polar surface area (TPSA) is 81.8 Å². The Morgan fingerprint density at radius 1 is 1.15 bits per heavy atom. The van der Waals surface area contributed by atoms with Gasteiger partial charge in [-0.1, -0.05) is 44.2 Å². The van der Waals surface area contributed by atoms with E-state index in [4.69, 9.17) is 10.5 Å². The SMILES string of the molecule is C=C(CC(=O)N=C(N)Cc1ccc(CCCC)cc1)C(=O)OC(C)(C)C. The van der Waals surface area contributed by atoms with Gasteiger partial charge in [0.05, 0.1) is 6.42 Å². The Morgan fingerprint density at radius 2 is 1.73 bits per heavy atom. The van der Waals surface area contributed by atoms with Crippen LogP contribution in [0, 0.1) is 0 Å². The fourth-order valence-corrected chi connectivity index (χ4v) is 2.26. The van der Waals surface area contributed by atoms with Crippen molar-refractivity contribution in [3.8, 4) is 0 Å². The molecule has 0 aliphatic carbocycles. The number of rotatable bonds is 8. The molecule has 0 unspecified atom stereocenters. The molecule has 1 aromatic rings. The summed E-state index contributed by atoms with van der Waals surface area (Å²) in [6.07, 6.45) is 3.58. The Balaban J connectivity index is 2.57. The molecule has 1 aromatic carbocycles. The Kier molecular flexibility index (Phi) is 8.23. The quantitative estimate of drug-likeness (QED) is 0.332. The van der Waals surface area contributed by atoms with E-state index in [2.05, 4.69) is 30.6 Å². The number of hydrogen-bond donors (Lipinski definition) is 1. The maximum absolute atomic E-state index is 12.0. The number of ether oxygens (including phenoxy) is 1. The molecule has 1 amide bonds. The third-order valence-corrected chi connectivity index (χ3v) is 3.55. The molecule has 0 bridgehead atoms. The van der Waals surface area contributed by atoms with Gasteiger partial charge in [-0.2, -0.15) is 0 Å². The third kappa shape index (κ3) is 8.60. The first-order chi connectivity index (χ1) is 12.1. The van der Waals surface area contributed by atoms with Gasteiger partial charge in [-0.15, -0.1) is 0 Å². The van der Waals surface area contributed by atoms with Crippen molar-refractivity contribution in [2.75, 3.05) is 0 Å². The highest BCUT2D eigenvalue weighted by molar-refractivity contribution is 6.00. The van der Waals surface area contributed by atoms with Crippen LogP contribution >= 0.6 is 0 Å². The second kappa shape index (κ2) is 9.90. The molecule has 0 saturated carbocycles. The van der Waals surface area contributed by atoms with E-state index < -0.39 is 17.5 Å². The largest absolute Gasteiger partial charge is 0.457 e. The number of nitrogens with zero attached hydrogens (tertiary/aromatic N) is 1. The summed E-state index contributed by atoms with van der Waals surface area (Å²) in [5.74, 6) is -0.881. The highest BCUT2D eigenvalue weighted by Crippen LogP contribution is 2.13. The zero-order valence-electron chi connectivity index (χ0n) is 16.3. The second-order valence-corrected chi connectivity index (χ2v) is 7.38. The maximum atomic E-state index is 12.0. The predicted octanol–water partition coefficient (Wildman–Crippen LogP) is 3.74. The van der Waals surface area contributed by atoms with Gasteiger partial charge in [0.1, 0.15) is 11.4 Å². The number of esters is 1. The van der Waals surface area contributed by atoms with Crippen molar-refractivity contribution in [2.24, 2.45) is 10.7 Å². The number of unbranched alkanes of at least 4 members (excludes halogenated alkanes) is 1. The van der Waals surface area contributed by atoms with Crippen LogP contribution in [0.25, 0.3) is 0 Å². The first-order valence-electron chi connectivity index (χ1n) is 8.95. The number of carbonyl (C=O) groups excluding carboxylic acids is 2. The van der Waals surface area contributed by atoms with E-state index in [0.29, 0.717) is 6.42 Å². The van der Waals surface area contributed by atoms with Crippen molar-refractivity contribution in [3.63, 3.8) is 0 Å². The monoisotopic (exact) mass is 358 g/mol. The number of nitrogens with two attached hydrogens (primary N) is 1. The first kappa shape index (κ1) is 21.6. The maximum Gasteiger partial charge on any atom is 0.334 e. The summed E-state index contributed by atoms with van der Waals surface area (Å²) in [5, 5.41) is 0. The van der Waals surface area contributed by atoms with Crippen molar-refractivity contribution in [1.29, 1.82) is 0 Å². The number of aryl methyl sites for hydroxylation is 1. The van der Waals surface area contributed by atoms with E-state index in [1.165, 1.54) is 12.0 Å². The van der Waals surface area contributed by atoms with Gasteiger partial charge in [-0.25, -0.2) is 9.79 Å². The zero-order chi connectivity index (χ0) is 19.7. The third-order valence-electron chi connectivity index (χ3n) is 3.55. The van der Waals surface area contributed by atoms with Gasteiger partial charge in [-0.05, 0) is 44.7 Å². The molecule has 0 aliphatic heterocycles. The van der Waals surface area contributed by atoms with E-state index in [1.807, 2.05) is 12.1 Å². The molecule has 0 heterocycles. The molecule has 0 atom stereocenters. The van der Waals surface area contributed by atoms with Gasteiger partial charge in [0.25, 0.3) is 5.91 Å². The molecule has 142 valence electrons. The van der Waals surface area contributed by atoms with E-state index >= 15 is 0 Å². The number of carbonyl (C=O) groups is 2. The van der Waals surface area contributed by atoms with Crippen LogP contribution in [0.3, 0.4) is 0 Å². The normalized spacial score (nSPS) is 11.9. The first-order valence-corrected chi connectivity index (χ1v) is 8.95. The highest BCUT2D eigenvalue weighted by atomic mass is 16.6. The molecule has 26 heavy (non-hydrogen) atoms. The van der Waals surface area contributed by atoms with E-state index in [1.54, 1.807) is 20.8 Å². The van der Waals surface area contributed by atoms with Gasteiger partial charge in [-0.3, -0.25) is 4.79 Å². The van der Waals surface area contributed by atoms with Gasteiger partial charge < -0.3 is 10.5 Å². The second-order valence-electron chi connectivity index (χ2n) is 7.38. The average Bonchev–Trinajstić information content (AvgIpc) is 2.52. The highest BCUT2D eigenvalue weighted by Gasteiger charge is 2.20. The van der Waals surface area contributed by atoms with Crippen LogP contribution < -0.4 is 5.73 Å². The predicted molar refractivity (Wildman–Crippen MR) is 105 cm³/mol. The van der Waals surface area contributed by atoms with Crippen LogP contribution in [-0.4, -0.2) is 23.3 Å². The number of aliphatic imine (C=N–C) groups is 1. The number of benzene rings is 1. The van der Waals surface area contributed by atoms with E-state index in [-0.39, 0.29) is 17.8 Å². The van der Waals surface area contributed by atoms with Crippen molar-refractivity contribution in [3.05, 3.63) is 47.5 Å². The Hall–Kier alpha value is -2.43. The summed E-state index contributed by atoms with van der Waals surface area (Å²) in [6, 6.07) is 8.14. The minimum atomic E-state index is -0.630. The zero-order valence-corrected chi connectivity index (χ0v) is 16.3. The number of amidine groups is 1. The Morgan fingerprint density at radius 3 is 2.27 bits per heavy atom. The van der Waals surface area contributed by atoms with E-state index in [0.717, 1.165) is 18.4 Å². The standard InChI is InChI=1S/C21H30N2O3/c1-6-7-8-16-9-11-17(12-10-16)14-18(22)23-19(24)13-15(2)20(25)26-21(3,4)5/h9-12H,2,6-8,13-14H2,1,3-5H3,(H2,22,23,24). The molecule has 5 nitrogen and oxygen atoms in total. The van der Waals surface area contributed by atoms with Crippen molar-refractivity contribution in [2.45, 2.75) is 65.4 Å². The van der Waals surface area contributed by atoms with Crippen LogP contribution in [0.2, 0.25) is 0 Å². The van der Waals surface area contributed by atoms with Gasteiger partial charge >= 0.3 is 5.97 Å². The summed E-state index contributed by atoms with van der Waals surface area (Å²) >= 11 is 0. The van der Waals surface area contributed by atoms with Gasteiger partial charge in [0, 0.05) is 12.0 Å². The van der Waals surface area contributed by atoms with Crippen LogP contribution in [0.4, 0.5) is 0 Å². The fraction of sp³-hybridized carbons (Fsp3) is 0.476. The van der Waals surface area contributed by atoms with Crippen LogP contribution in [0.1, 0.15) is 58.1 Å². The van der Waals surface area contributed by atoms with Crippen molar-refractivity contribution < 1.29 is 14.3 Å². The minimum Gasteiger partial charge on any atom is -0.457 e. The van der Waals surface area contributed by atoms with Gasteiger partial charge in [0.2, 0.25) is 0 Å². The minimum absolute atomic E-state index is 0.0711. The van der Waals surface area contributed by atoms with Gasteiger partial charge in [0.15, 0.2) is 0 Å². The summed E-state index contributed by atoms with van der Waals surface area (Å²) in [4.78, 5) is 27.6. The summed E-state index contributed by atoms with van der Waals surface area (Å²) in [7, 11) is 0. The molecule has 1 rings (SSSR count). The molecule has 0 aliphatic rings. The summed E-state index contributed by atoms with van der Waals surface area (Å²) in [5.41, 5.74) is 7.58. The van der Waals surface area contributed by atoms with Crippen LogP contribution in [0.5, 0.6) is 0 Å². The Labute approximate surface area is 156 Å². The molecule has 0 radical (unpaired) electrons. The summed E-state index contributed by atoms with van der Waals surface area (Å²) < 4.78 is 5.17. The van der Waals surface area contributed by atoms with Crippen LogP contribution in [-0.2, 0) is 27.2 Å². The molecule has 0 aromatic heterocycles.